The van der Waals surface area contributed by atoms with E-state index >= 15 is 0 Å². The number of fused-ring (bicyclic) bond motifs is 1. The van der Waals surface area contributed by atoms with Gasteiger partial charge in [-0.2, -0.15) is 0 Å². The van der Waals surface area contributed by atoms with Crippen molar-refractivity contribution in [3.8, 4) is 23.0 Å². The van der Waals surface area contributed by atoms with E-state index in [1.54, 1.807) is 24.3 Å². The Morgan fingerprint density at radius 1 is 1.17 bits per heavy atom. The predicted molar refractivity (Wildman–Crippen MR) is 84.9 cm³/mol. The summed E-state index contributed by atoms with van der Waals surface area (Å²) in [6, 6.07) is 8.64. The van der Waals surface area contributed by atoms with Crippen molar-refractivity contribution in [2.24, 2.45) is 0 Å². The number of hydrogen-bond donors (Lipinski definition) is 0. The Hall–Kier alpha value is -2.40. The third kappa shape index (κ3) is 3.35. The van der Waals surface area contributed by atoms with Crippen LogP contribution in [-0.4, -0.2) is 19.7 Å². The molecule has 23 heavy (non-hydrogen) atoms. The van der Waals surface area contributed by atoms with E-state index in [0.29, 0.717) is 40.2 Å². The van der Waals surface area contributed by atoms with Crippen molar-refractivity contribution in [3.63, 3.8) is 0 Å². The molecular weight excluding hydrogens is 320 g/mol. The molecule has 5 nitrogen and oxygen atoms in total. The zero-order chi connectivity index (χ0) is 16.2. The Bertz CT molecular complexity index is 729. The number of hydrogen-bond acceptors (Lipinski definition) is 5. The third-order valence-corrected chi connectivity index (χ3v) is 3.57. The first-order valence-electron chi connectivity index (χ1n) is 7.14. The van der Waals surface area contributed by atoms with Gasteiger partial charge < -0.3 is 18.9 Å². The van der Waals surface area contributed by atoms with Gasteiger partial charge in [0.2, 0.25) is 6.79 Å². The van der Waals surface area contributed by atoms with Gasteiger partial charge in [0.1, 0.15) is 12.9 Å². The van der Waals surface area contributed by atoms with Crippen LogP contribution in [0.15, 0.2) is 30.3 Å². The van der Waals surface area contributed by atoms with Crippen molar-refractivity contribution in [1.82, 2.24) is 0 Å². The molecule has 120 valence electrons. The summed E-state index contributed by atoms with van der Waals surface area (Å²) < 4.78 is 21.9. The van der Waals surface area contributed by atoms with Crippen LogP contribution in [0.4, 0.5) is 0 Å². The Morgan fingerprint density at radius 3 is 2.83 bits per heavy atom. The van der Waals surface area contributed by atoms with E-state index in [4.69, 9.17) is 30.5 Å². The third-order valence-electron chi connectivity index (χ3n) is 3.29. The second-order valence-electron chi connectivity index (χ2n) is 4.86. The molecule has 0 bridgehead atoms. The maximum Gasteiger partial charge on any atom is 0.231 e. The zero-order valence-corrected chi connectivity index (χ0v) is 13.3. The van der Waals surface area contributed by atoms with Crippen LogP contribution >= 0.6 is 11.6 Å². The summed E-state index contributed by atoms with van der Waals surface area (Å²) in [6.07, 6.45) is 0.768. The quantitative estimate of drug-likeness (QED) is 0.751. The standard InChI is InChI=1S/C17H15ClO5/c1-2-20-15-6-11(8-19)3-4-14(15)21-9-12-5-13(18)17-16(7-12)22-10-23-17/h3-8H,2,9-10H2,1H3. The van der Waals surface area contributed by atoms with E-state index in [1.165, 1.54) is 0 Å². The average Bonchev–Trinajstić information content (AvgIpc) is 3.03. The van der Waals surface area contributed by atoms with Gasteiger partial charge in [-0.1, -0.05) is 11.6 Å². The van der Waals surface area contributed by atoms with Crippen LogP contribution in [0.2, 0.25) is 5.02 Å². The van der Waals surface area contributed by atoms with Crippen LogP contribution in [0.5, 0.6) is 23.0 Å². The van der Waals surface area contributed by atoms with Crippen molar-refractivity contribution >= 4 is 17.9 Å². The van der Waals surface area contributed by atoms with Gasteiger partial charge in [-0.3, -0.25) is 4.79 Å². The van der Waals surface area contributed by atoms with Gasteiger partial charge in [0.05, 0.1) is 11.6 Å². The van der Waals surface area contributed by atoms with Gasteiger partial charge >= 0.3 is 0 Å². The Labute approximate surface area is 138 Å². The van der Waals surface area contributed by atoms with E-state index in [-0.39, 0.29) is 13.4 Å². The molecular formula is C17H15ClO5. The molecule has 1 aliphatic heterocycles. The largest absolute Gasteiger partial charge is 0.490 e. The number of benzene rings is 2. The van der Waals surface area contributed by atoms with Crippen molar-refractivity contribution in [2.45, 2.75) is 13.5 Å². The summed E-state index contributed by atoms with van der Waals surface area (Å²) in [5, 5.41) is 0.486. The lowest BCUT2D eigenvalue weighted by atomic mass is 10.2. The smallest absolute Gasteiger partial charge is 0.231 e. The molecule has 0 amide bonds. The SMILES string of the molecule is CCOc1cc(C=O)ccc1OCc1cc(Cl)c2c(c1)OCO2. The molecule has 0 N–H and O–H groups in total. The zero-order valence-electron chi connectivity index (χ0n) is 12.5. The topological polar surface area (TPSA) is 54.0 Å². The molecule has 2 aromatic carbocycles. The van der Waals surface area contributed by atoms with Gasteiger partial charge in [0.15, 0.2) is 23.0 Å². The van der Waals surface area contributed by atoms with Crippen LogP contribution in [0, 0.1) is 0 Å². The number of carbonyl (C=O) groups is 1. The Balaban J connectivity index is 1.78. The first-order chi connectivity index (χ1) is 11.2. The van der Waals surface area contributed by atoms with Crippen molar-refractivity contribution < 1.29 is 23.7 Å². The van der Waals surface area contributed by atoms with Crippen molar-refractivity contribution in [3.05, 3.63) is 46.5 Å². The molecule has 6 heteroatoms. The van der Waals surface area contributed by atoms with Crippen LogP contribution in [-0.2, 0) is 6.61 Å². The Kier molecular flexibility index (Phi) is 4.57. The minimum absolute atomic E-state index is 0.168. The average molecular weight is 335 g/mol. The molecule has 3 rings (SSSR count). The van der Waals surface area contributed by atoms with E-state index in [2.05, 4.69) is 0 Å². The normalized spacial score (nSPS) is 12.1. The van der Waals surface area contributed by atoms with Crippen LogP contribution in [0.3, 0.4) is 0 Å². The molecule has 0 saturated carbocycles. The number of aldehydes is 1. The fourth-order valence-corrected chi connectivity index (χ4v) is 2.54. The maximum absolute atomic E-state index is 10.9. The molecule has 0 radical (unpaired) electrons. The number of rotatable bonds is 6. The molecule has 0 spiro atoms. The van der Waals surface area contributed by atoms with Gasteiger partial charge in [0, 0.05) is 5.56 Å². The first kappa shape index (κ1) is 15.5. The Morgan fingerprint density at radius 2 is 2.04 bits per heavy atom. The van der Waals surface area contributed by atoms with Gasteiger partial charge in [-0.15, -0.1) is 0 Å². The lowest BCUT2D eigenvalue weighted by Gasteiger charge is -2.13. The summed E-state index contributed by atoms with van der Waals surface area (Å²) in [4.78, 5) is 10.9. The van der Waals surface area contributed by atoms with Crippen LogP contribution < -0.4 is 18.9 Å². The van der Waals surface area contributed by atoms with Gasteiger partial charge in [-0.05, 0) is 42.8 Å². The van der Waals surface area contributed by atoms with Crippen molar-refractivity contribution in [1.29, 1.82) is 0 Å². The van der Waals surface area contributed by atoms with E-state index in [1.807, 2.05) is 13.0 Å². The molecule has 0 aliphatic carbocycles. The summed E-state index contributed by atoms with van der Waals surface area (Å²) in [5.41, 5.74) is 1.38. The van der Waals surface area contributed by atoms with E-state index in [9.17, 15) is 4.79 Å². The molecule has 0 fully saturated rings. The molecule has 1 heterocycles. The minimum Gasteiger partial charge on any atom is -0.490 e. The fourth-order valence-electron chi connectivity index (χ4n) is 2.25. The van der Waals surface area contributed by atoms with Gasteiger partial charge in [0.25, 0.3) is 0 Å². The highest BCUT2D eigenvalue weighted by molar-refractivity contribution is 6.32. The van der Waals surface area contributed by atoms with Crippen LogP contribution in [0.25, 0.3) is 0 Å². The predicted octanol–water partition coefficient (Wildman–Crippen LogP) is 3.86. The highest BCUT2D eigenvalue weighted by Crippen LogP contribution is 2.40. The number of halogens is 1. The molecule has 0 saturated heterocycles. The molecule has 2 aromatic rings. The fraction of sp³-hybridized carbons (Fsp3) is 0.235. The monoisotopic (exact) mass is 334 g/mol. The van der Waals surface area contributed by atoms with Crippen molar-refractivity contribution in [2.75, 3.05) is 13.4 Å². The second-order valence-corrected chi connectivity index (χ2v) is 5.26. The highest BCUT2D eigenvalue weighted by Gasteiger charge is 2.18. The molecule has 1 aliphatic rings. The minimum atomic E-state index is 0.168. The summed E-state index contributed by atoms with van der Waals surface area (Å²) in [7, 11) is 0. The lowest BCUT2D eigenvalue weighted by molar-refractivity contribution is 0.112. The molecule has 0 aromatic heterocycles. The lowest BCUT2D eigenvalue weighted by Crippen LogP contribution is -2.00. The van der Waals surface area contributed by atoms with E-state index in [0.717, 1.165) is 11.8 Å². The summed E-state index contributed by atoms with van der Waals surface area (Å²) in [6.45, 7) is 2.81. The maximum atomic E-state index is 10.9. The van der Waals surface area contributed by atoms with Gasteiger partial charge in [-0.25, -0.2) is 0 Å². The summed E-state index contributed by atoms with van der Waals surface area (Å²) in [5.74, 6) is 2.26. The number of ether oxygens (including phenoxy) is 4. The molecule has 0 atom stereocenters. The summed E-state index contributed by atoms with van der Waals surface area (Å²) >= 11 is 6.15. The number of carbonyl (C=O) groups excluding carboxylic acids is 1. The van der Waals surface area contributed by atoms with Crippen LogP contribution in [0.1, 0.15) is 22.8 Å². The highest BCUT2D eigenvalue weighted by atomic mass is 35.5. The van der Waals surface area contributed by atoms with E-state index < -0.39 is 0 Å². The molecule has 0 unspecified atom stereocenters. The second kappa shape index (κ2) is 6.79. The first-order valence-corrected chi connectivity index (χ1v) is 7.52.